The van der Waals surface area contributed by atoms with Gasteiger partial charge in [0.15, 0.2) is 0 Å². The molecule has 1 aliphatic carbocycles. The highest BCUT2D eigenvalue weighted by Gasteiger charge is 2.52. The van der Waals surface area contributed by atoms with E-state index < -0.39 is 0 Å². The van der Waals surface area contributed by atoms with Crippen LogP contribution in [0.3, 0.4) is 0 Å². The maximum atomic E-state index is 12.8. The lowest BCUT2D eigenvalue weighted by Crippen LogP contribution is -2.51. The Balaban J connectivity index is 1.41. The van der Waals surface area contributed by atoms with E-state index in [1.165, 1.54) is 17.1 Å². The van der Waals surface area contributed by atoms with Crippen LogP contribution in [0.15, 0.2) is 35.7 Å². The first-order chi connectivity index (χ1) is 12.2. The molecule has 5 nitrogen and oxygen atoms in total. The van der Waals surface area contributed by atoms with Crippen LogP contribution in [0.4, 0.5) is 0 Å². The molecule has 1 saturated carbocycles. The molecule has 4 rings (SSSR count). The van der Waals surface area contributed by atoms with E-state index in [0.717, 1.165) is 18.4 Å². The van der Waals surface area contributed by atoms with Crippen LogP contribution in [-0.4, -0.2) is 51.2 Å². The third-order valence-corrected chi connectivity index (χ3v) is 5.75. The quantitative estimate of drug-likeness (QED) is 0.846. The third-order valence-electron chi connectivity index (χ3n) is 5.19. The molecule has 1 aromatic carbocycles. The summed E-state index contributed by atoms with van der Waals surface area (Å²) in [5, 5.41) is 1.82. The van der Waals surface area contributed by atoms with Gasteiger partial charge in [0, 0.05) is 18.5 Å². The van der Waals surface area contributed by atoms with Gasteiger partial charge in [-0.3, -0.25) is 9.59 Å². The zero-order valence-corrected chi connectivity index (χ0v) is 15.0. The second kappa shape index (κ2) is 6.59. The van der Waals surface area contributed by atoms with Gasteiger partial charge in [-0.05, 0) is 41.6 Å². The number of amides is 2. The molecule has 2 aromatic rings. The van der Waals surface area contributed by atoms with Crippen LogP contribution in [0, 0.1) is 0 Å². The van der Waals surface area contributed by atoms with Crippen LogP contribution in [-0.2, 0) is 17.6 Å². The maximum Gasteiger partial charge on any atom is 0.273 e. The molecule has 0 spiro atoms. The SMILES string of the molecule is CCc1ccccc1CC(=O)N1CCN(C(=O)c2ccsn2)C2CC21. The summed E-state index contributed by atoms with van der Waals surface area (Å²) in [6, 6.07) is 10.3. The van der Waals surface area contributed by atoms with E-state index in [1.54, 1.807) is 6.07 Å². The van der Waals surface area contributed by atoms with Crippen molar-refractivity contribution in [2.45, 2.75) is 38.3 Å². The molecular weight excluding hydrogens is 334 g/mol. The van der Waals surface area contributed by atoms with E-state index in [1.807, 2.05) is 33.4 Å². The number of piperazine rings is 1. The first-order valence-corrected chi connectivity index (χ1v) is 9.60. The van der Waals surface area contributed by atoms with Crippen molar-refractivity contribution in [3.63, 3.8) is 0 Å². The molecule has 2 aliphatic rings. The number of rotatable bonds is 4. The highest BCUT2D eigenvalue weighted by molar-refractivity contribution is 7.03. The normalized spacial score (nSPS) is 21.8. The molecule has 2 atom stereocenters. The molecule has 1 saturated heterocycles. The summed E-state index contributed by atoms with van der Waals surface area (Å²) in [6.07, 6.45) is 2.27. The van der Waals surface area contributed by atoms with Crippen molar-refractivity contribution in [3.05, 3.63) is 52.5 Å². The number of benzene rings is 1. The van der Waals surface area contributed by atoms with Crippen LogP contribution in [0.1, 0.15) is 35.0 Å². The first-order valence-electron chi connectivity index (χ1n) is 8.76. The van der Waals surface area contributed by atoms with Crippen molar-refractivity contribution in [1.82, 2.24) is 14.2 Å². The molecule has 2 fully saturated rings. The highest BCUT2D eigenvalue weighted by atomic mass is 32.1. The summed E-state index contributed by atoms with van der Waals surface area (Å²) < 4.78 is 4.14. The second-order valence-electron chi connectivity index (χ2n) is 6.64. The fourth-order valence-corrected chi connectivity index (χ4v) is 4.26. The molecule has 0 bridgehead atoms. The number of carbonyl (C=O) groups excluding carboxylic acids is 2. The minimum Gasteiger partial charge on any atom is -0.335 e. The molecule has 2 amide bonds. The monoisotopic (exact) mass is 355 g/mol. The molecule has 2 unspecified atom stereocenters. The van der Waals surface area contributed by atoms with Crippen molar-refractivity contribution in [1.29, 1.82) is 0 Å². The van der Waals surface area contributed by atoms with Crippen LogP contribution in [0.25, 0.3) is 0 Å². The predicted molar refractivity (Wildman–Crippen MR) is 96.6 cm³/mol. The highest BCUT2D eigenvalue weighted by Crippen LogP contribution is 2.37. The Hall–Kier alpha value is -2.21. The molecule has 6 heteroatoms. The minimum absolute atomic E-state index is 0.00261. The van der Waals surface area contributed by atoms with E-state index in [4.69, 9.17) is 0 Å². The van der Waals surface area contributed by atoms with Gasteiger partial charge in [-0.1, -0.05) is 31.2 Å². The average Bonchev–Trinajstić information content (AvgIpc) is 3.24. The topological polar surface area (TPSA) is 53.5 Å². The number of hydrogen-bond acceptors (Lipinski definition) is 4. The summed E-state index contributed by atoms with van der Waals surface area (Å²) in [5.41, 5.74) is 2.88. The van der Waals surface area contributed by atoms with E-state index in [0.29, 0.717) is 25.2 Å². The Bertz CT molecular complexity index is 790. The summed E-state index contributed by atoms with van der Waals surface area (Å²) >= 11 is 1.29. The van der Waals surface area contributed by atoms with E-state index in [2.05, 4.69) is 17.4 Å². The molecule has 2 heterocycles. The number of hydrogen-bond donors (Lipinski definition) is 0. The number of carbonyl (C=O) groups is 2. The average molecular weight is 355 g/mol. The number of aryl methyl sites for hydroxylation is 1. The summed E-state index contributed by atoms with van der Waals surface area (Å²) in [7, 11) is 0. The molecule has 1 aromatic heterocycles. The van der Waals surface area contributed by atoms with Crippen LogP contribution < -0.4 is 0 Å². The molecule has 0 radical (unpaired) electrons. The maximum absolute atomic E-state index is 12.8. The standard InChI is InChI=1S/C19H21N3O2S/c1-2-13-5-3-4-6-14(13)11-18(23)21-8-9-22(17-12-16(17)21)19(24)15-7-10-25-20-15/h3-7,10,16-17H,2,8-9,11-12H2,1H3. The fraction of sp³-hybridized carbons (Fsp3) is 0.421. The number of nitrogens with zero attached hydrogens (tertiary/aromatic N) is 3. The van der Waals surface area contributed by atoms with Gasteiger partial charge >= 0.3 is 0 Å². The third kappa shape index (κ3) is 3.06. The van der Waals surface area contributed by atoms with Crippen molar-refractivity contribution < 1.29 is 9.59 Å². The minimum atomic E-state index is -0.00261. The molecule has 0 N–H and O–H groups in total. The van der Waals surface area contributed by atoms with Crippen LogP contribution in [0.2, 0.25) is 0 Å². The van der Waals surface area contributed by atoms with Crippen molar-refractivity contribution in [2.75, 3.05) is 13.1 Å². The Morgan fingerprint density at radius 3 is 2.56 bits per heavy atom. The lowest BCUT2D eigenvalue weighted by atomic mass is 10.0. The van der Waals surface area contributed by atoms with Gasteiger partial charge in [0.05, 0.1) is 18.5 Å². The zero-order chi connectivity index (χ0) is 17.4. The summed E-state index contributed by atoms with van der Waals surface area (Å²) in [6.45, 7) is 3.33. The molecule has 130 valence electrons. The lowest BCUT2D eigenvalue weighted by Gasteiger charge is -2.34. The van der Waals surface area contributed by atoms with Crippen molar-refractivity contribution in [3.8, 4) is 0 Å². The predicted octanol–water partition coefficient (Wildman–Crippen LogP) is 2.37. The van der Waals surface area contributed by atoms with Gasteiger partial charge in [-0.2, -0.15) is 4.37 Å². The van der Waals surface area contributed by atoms with Crippen molar-refractivity contribution >= 4 is 23.3 Å². The van der Waals surface area contributed by atoms with Gasteiger partial charge in [-0.15, -0.1) is 0 Å². The van der Waals surface area contributed by atoms with Gasteiger partial charge in [0.2, 0.25) is 5.91 Å². The summed E-state index contributed by atoms with van der Waals surface area (Å²) in [4.78, 5) is 29.2. The van der Waals surface area contributed by atoms with Gasteiger partial charge < -0.3 is 9.80 Å². The number of aromatic nitrogens is 1. The number of fused-ring (bicyclic) bond motifs is 1. The molecule has 25 heavy (non-hydrogen) atoms. The van der Waals surface area contributed by atoms with Gasteiger partial charge in [0.25, 0.3) is 5.91 Å². The van der Waals surface area contributed by atoms with Gasteiger partial charge in [-0.25, -0.2) is 0 Å². The summed E-state index contributed by atoms with van der Waals surface area (Å²) in [5.74, 6) is 0.173. The molecular formula is C19H21N3O2S. The molecule has 1 aliphatic heterocycles. The Labute approximate surface area is 151 Å². The lowest BCUT2D eigenvalue weighted by molar-refractivity contribution is -0.132. The van der Waals surface area contributed by atoms with E-state index >= 15 is 0 Å². The van der Waals surface area contributed by atoms with E-state index in [9.17, 15) is 9.59 Å². The second-order valence-corrected chi connectivity index (χ2v) is 7.31. The van der Waals surface area contributed by atoms with E-state index in [-0.39, 0.29) is 23.9 Å². The largest absolute Gasteiger partial charge is 0.335 e. The van der Waals surface area contributed by atoms with Crippen LogP contribution in [0.5, 0.6) is 0 Å². The smallest absolute Gasteiger partial charge is 0.273 e. The Morgan fingerprint density at radius 1 is 1.12 bits per heavy atom. The van der Waals surface area contributed by atoms with Crippen LogP contribution >= 0.6 is 11.5 Å². The first kappa shape index (κ1) is 16.3. The fourth-order valence-electron chi connectivity index (χ4n) is 3.76. The van der Waals surface area contributed by atoms with Gasteiger partial charge in [0.1, 0.15) is 5.69 Å². The zero-order valence-electron chi connectivity index (χ0n) is 14.2. The Morgan fingerprint density at radius 2 is 1.84 bits per heavy atom. The Kier molecular flexibility index (Phi) is 4.29. The van der Waals surface area contributed by atoms with Crippen molar-refractivity contribution in [2.24, 2.45) is 0 Å².